The zero-order valence-corrected chi connectivity index (χ0v) is 39.0. The summed E-state index contributed by atoms with van der Waals surface area (Å²) in [4.78, 5) is 91.8. The summed E-state index contributed by atoms with van der Waals surface area (Å²) in [5.41, 5.74) is 3.62. The summed E-state index contributed by atoms with van der Waals surface area (Å²) in [6, 6.07) is 13.2. The number of methoxy groups -OCH3 is 1. The van der Waals surface area contributed by atoms with Gasteiger partial charge in [-0.15, -0.1) is 11.3 Å². The number of imide groups is 1. The highest BCUT2D eigenvalue weighted by atomic mass is 35.5. The van der Waals surface area contributed by atoms with Crippen molar-refractivity contribution in [2.45, 2.75) is 89.9 Å². The molecule has 4 aromatic rings. The summed E-state index contributed by atoms with van der Waals surface area (Å²) >= 11 is 7.70. The van der Waals surface area contributed by atoms with Crippen LogP contribution < -0.4 is 35.8 Å². The summed E-state index contributed by atoms with van der Waals surface area (Å²) in [6.07, 6.45) is 7.00. The van der Waals surface area contributed by atoms with E-state index in [0.29, 0.717) is 102 Å². The maximum Gasteiger partial charge on any atom is 0.255 e. The van der Waals surface area contributed by atoms with Gasteiger partial charge < -0.3 is 40.1 Å². The van der Waals surface area contributed by atoms with Crippen molar-refractivity contribution >= 4 is 75.6 Å². The molecule has 19 heteroatoms. The lowest BCUT2D eigenvalue weighted by Crippen LogP contribution is -2.52. The molecule has 2 atom stereocenters. The van der Waals surface area contributed by atoms with Gasteiger partial charge in [0.1, 0.15) is 29.3 Å². The Balaban J connectivity index is 0.762. The topological polar surface area (TPSA) is 204 Å². The number of unbranched alkanes of at least 4 members (excludes halogenated alkanes) is 3. The number of thiophene rings is 1. The van der Waals surface area contributed by atoms with Crippen LogP contribution in [0.2, 0.25) is 4.34 Å². The maximum atomic E-state index is 13.3. The molecule has 3 aliphatic rings. The van der Waals surface area contributed by atoms with Crippen molar-refractivity contribution in [3.8, 4) is 5.75 Å². The smallest absolute Gasteiger partial charge is 0.255 e. The lowest BCUT2D eigenvalue weighted by molar-refractivity contribution is -0.137. The molecule has 7 rings (SSSR count). The van der Waals surface area contributed by atoms with Crippen molar-refractivity contribution in [2.24, 2.45) is 0 Å². The first-order chi connectivity index (χ1) is 31.9. The number of nitrogens with one attached hydrogen (secondary N) is 4. The molecule has 3 aliphatic heterocycles. The van der Waals surface area contributed by atoms with Crippen LogP contribution in [0.5, 0.6) is 5.75 Å². The number of aromatic nitrogens is 2. The monoisotopic (exact) mass is 941 g/mol. The fourth-order valence-corrected chi connectivity index (χ4v) is 9.55. The minimum Gasteiger partial charge on any atom is -0.496 e. The van der Waals surface area contributed by atoms with Crippen molar-refractivity contribution in [3.05, 3.63) is 92.0 Å². The molecule has 6 amide bonds. The summed E-state index contributed by atoms with van der Waals surface area (Å²) in [7, 11) is 3.31. The highest BCUT2D eigenvalue weighted by Gasteiger charge is 2.40. The van der Waals surface area contributed by atoms with Gasteiger partial charge in [0.15, 0.2) is 5.82 Å². The molecule has 2 aromatic carbocycles. The van der Waals surface area contributed by atoms with E-state index in [1.807, 2.05) is 30.0 Å². The van der Waals surface area contributed by atoms with Gasteiger partial charge in [0.05, 0.1) is 37.4 Å². The zero-order chi connectivity index (χ0) is 46.7. The third-order valence-corrected chi connectivity index (χ3v) is 13.2. The zero-order valence-electron chi connectivity index (χ0n) is 37.5. The minimum absolute atomic E-state index is 0.0125. The number of benzene rings is 2. The second kappa shape index (κ2) is 22.5. The maximum absolute atomic E-state index is 13.3. The van der Waals surface area contributed by atoms with Crippen LogP contribution in [0, 0.1) is 0 Å². The molecule has 0 aliphatic carbocycles. The lowest BCUT2D eigenvalue weighted by atomic mass is 10.0. The van der Waals surface area contributed by atoms with E-state index in [2.05, 4.69) is 26.3 Å². The number of fused-ring (bicyclic) bond motifs is 2. The van der Waals surface area contributed by atoms with Gasteiger partial charge in [-0.3, -0.25) is 34.1 Å². The number of piperidine rings is 1. The molecular weight excluding hydrogens is 886 g/mol. The summed E-state index contributed by atoms with van der Waals surface area (Å²) in [6.45, 7) is 5.36. The van der Waals surface area contributed by atoms with Crippen LogP contribution in [0.1, 0.15) is 101 Å². The van der Waals surface area contributed by atoms with Crippen LogP contribution >= 0.6 is 22.9 Å². The highest BCUT2D eigenvalue weighted by molar-refractivity contribution is 7.16. The Morgan fingerprint density at radius 2 is 1.82 bits per heavy atom. The predicted octanol–water partition coefficient (Wildman–Crippen LogP) is 5.24. The van der Waals surface area contributed by atoms with E-state index in [1.54, 1.807) is 55.6 Å². The Morgan fingerprint density at radius 1 is 1.00 bits per heavy atom. The van der Waals surface area contributed by atoms with Crippen LogP contribution in [0.4, 0.5) is 17.2 Å². The first-order valence-electron chi connectivity index (χ1n) is 22.4. The van der Waals surface area contributed by atoms with Crippen LogP contribution in [0.15, 0.2) is 54.7 Å². The van der Waals surface area contributed by atoms with Crippen molar-refractivity contribution in [1.82, 2.24) is 30.8 Å². The molecule has 350 valence electrons. The van der Waals surface area contributed by atoms with Gasteiger partial charge in [0.25, 0.3) is 11.8 Å². The van der Waals surface area contributed by atoms with Gasteiger partial charge in [0, 0.05) is 78.8 Å². The van der Waals surface area contributed by atoms with Gasteiger partial charge in [-0.1, -0.05) is 43.5 Å². The van der Waals surface area contributed by atoms with Crippen LogP contribution in [0.25, 0.3) is 0 Å². The van der Waals surface area contributed by atoms with Gasteiger partial charge >= 0.3 is 0 Å². The molecule has 1 unspecified atom stereocenters. The third kappa shape index (κ3) is 11.5. The van der Waals surface area contributed by atoms with E-state index < -0.39 is 11.9 Å². The quantitative estimate of drug-likeness (QED) is 0.0591. The van der Waals surface area contributed by atoms with E-state index in [-0.39, 0.29) is 55.0 Å². The van der Waals surface area contributed by atoms with E-state index in [1.165, 1.54) is 16.2 Å². The normalized spacial score (nSPS) is 16.9. The average Bonchev–Trinajstić information content (AvgIpc) is 3.88. The fraction of sp³-hybridized carbons (Fsp3) is 0.447. The van der Waals surface area contributed by atoms with Gasteiger partial charge in [-0.25, -0.2) is 9.97 Å². The molecular formula is C47H56ClN9O8S. The van der Waals surface area contributed by atoms with Gasteiger partial charge in [0.2, 0.25) is 23.6 Å². The molecule has 5 heterocycles. The standard InChI is InChI=1S/C47H56ClN9O8S/c1-4-35-47(63)55(2)37-26-51-40(53-43(37)56(35)27-31-15-17-39(48)66-31)25-29-13-14-30(24-38(29)64-3)44(60)50-21-23-65-22-20-49-19-8-6-5-7-12-41(58)52-34-11-9-10-32-33(34)28-57(46(32)62)36-16-18-42(59)54-45(36)61/h9-11,13-15,17,24,26,35-36,49H,4-8,12,16,18-23,25,27-28H2,1-3H3,(H,50,60)(H,52,58)(H,54,59,61)/t35-,36?/m1/s1. The molecule has 4 N–H and O–H groups in total. The summed E-state index contributed by atoms with van der Waals surface area (Å²) in [5.74, 6) is 0.301. The number of hydrogen-bond donors (Lipinski definition) is 4. The van der Waals surface area contributed by atoms with E-state index in [4.69, 9.17) is 26.1 Å². The molecule has 2 aromatic heterocycles. The number of rotatable bonds is 22. The number of anilines is 3. The van der Waals surface area contributed by atoms with Crippen LogP contribution in [-0.2, 0) is 43.4 Å². The molecule has 66 heavy (non-hydrogen) atoms. The SMILES string of the molecule is CC[C@@H]1C(=O)N(C)c2cnc(Cc3ccc(C(=O)NCCOCCNCCCCCCC(=O)Nc4cccc5c4CN(C4CCC(=O)NC4=O)C5=O)cc3OC)nc2N1Cc1ccc(Cl)s1. The number of hydrogen-bond acceptors (Lipinski definition) is 13. The van der Waals surface area contributed by atoms with E-state index in [9.17, 15) is 28.8 Å². The summed E-state index contributed by atoms with van der Waals surface area (Å²) < 4.78 is 12.1. The molecule has 0 bridgehead atoms. The van der Waals surface area contributed by atoms with Crippen molar-refractivity contribution in [2.75, 3.05) is 62.1 Å². The van der Waals surface area contributed by atoms with Gasteiger partial charge in [-0.2, -0.15) is 0 Å². The number of amides is 6. The molecule has 0 spiro atoms. The highest BCUT2D eigenvalue weighted by Crippen LogP contribution is 2.37. The van der Waals surface area contributed by atoms with Gasteiger partial charge in [-0.05, 0) is 68.6 Å². The Morgan fingerprint density at radius 3 is 2.59 bits per heavy atom. The Kier molecular flexibility index (Phi) is 16.4. The third-order valence-electron chi connectivity index (χ3n) is 12.0. The lowest BCUT2D eigenvalue weighted by Gasteiger charge is -2.40. The van der Waals surface area contributed by atoms with Crippen molar-refractivity contribution in [1.29, 1.82) is 0 Å². The Hall–Kier alpha value is -5.95. The molecule has 0 saturated carbocycles. The van der Waals surface area contributed by atoms with Crippen LogP contribution in [-0.4, -0.2) is 109 Å². The number of carbonyl (C=O) groups is 6. The molecule has 1 saturated heterocycles. The molecule has 1 fully saturated rings. The largest absolute Gasteiger partial charge is 0.496 e. The summed E-state index contributed by atoms with van der Waals surface area (Å²) in [5, 5.41) is 11.5. The van der Waals surface area contributed by atoms with Crippen molar-refractivity contribution in [3.63, 3.8) is 0 Å². The molecule has 0 radical (unpaired) electrons. The second-order valence-electron chi connectivity index (χ2n) is 16.4. The predicted molar refractivity (Wildman–Crippen MR) is 251 cm³/mol. The Labute approximate surface area is 392 Å². The number of ether oxygens (including phenoxy) is 2. The van der Waals surface area contributed by atoms with Crippen LogP contribution in [0.3, 0.4) is 0 Å². The second-order valence-corrected chi connectivity index (χ2v) is 18.2. The number of halogens is 1. The average molecular weight is 943 g/mol. The number of likely N-dealkylation sites (N-methyl/N-ethyl adjacent to an activating group) is 1. The first kappa shape index (κ1) is 48.0. The minimum atomic E-state index is -0.710. The van der Waals surface area contributed by atoms with Crippen molar-refractivity contribution < 1.29 is 38.2 Å². The first-order valence-corrected chi connectivity index (χ1v) is 23.6. The van der Waals surface area contributed by atoms with E-state index >= 15 is 0 Å². The molecule has 17 nitrogen and oxygen atoms in total. The van der Waals surface area contributed by atoms with E-state index in [0.717, 1.165) is 42.7 Å². The number of carbonyl (C=O) groups excluding carboxylic acids is 6. The number of nitrogens with zero attached hydrogens (tertiary/aromatic N) is 5. The fourth-order valence-electron chi connectivity index (χ4n) is 8.46. The Bertz CT molecular complexity index is 2450.